The van der Waals surface area contributed by atoms with Crippen LogP contribution in [0.3, 0.4) is 0 Å². The summed E-state index contributed by atoms with van der Waals surface area (Å²) in [5.41, 5.74) is 3.07. The van der Waals surface area contributed by atoms with E-state index in [0.29, 0.717) is 5.75 Å². The largest absolute Gasteiger partial charge is 0.454 e. The van der Waals surface area contributed by atoms with Crippen molar-refractivity contribution in [2.75, 3.05) is 7.05 Å². The third-order valence-corrected chi connectivity index (χ3v) is 2.94. The monoisotopic (exact) mass is 259 g/mol. The molecular formula is C16H18FNO. The second-order valence-electron chi connectivity index (χ2n) is 4.67. The fourth-order valence-electron chi connectivity index (χ4n) is 1.88. The molecule has 0 atom stereocenters. The minimum Gasteiger partial charge on any atom is -0.454 e. The Morgan fingerprint density at radius 2 is 1.84 bits per heavy atom. The Bertz CT molecular complexity index is 581. The number of nitrogens with one attached hydrogen (secondary N) is 1. The lowest BCUT2D eigenvalue weighted by atomic mass is 10.1. The number of rotatable bonds is 4. The van der Waals surface area contributed by atoms with Crippen molar-refractivity contribution in [2.24, 2.45) is 0 Å². The molecule has 0 fully saturated rings. The quantitative estimate of drug-likeness (QED) is 0.897. The second kappa shape index (κ2) is 5.85. The maximum absolute atomic E-state index is 13.7. The van der Waals surface area contributed by atoms with Crippen LogP contribution in [0.1, 0.15) is 16.7 Å². The maximum Gasteiger partial charge on any atom is 0.165 e. The summed E-state index contributed by atoms with van der Waals surface area (Å²) < 4.78 is 19.4. The van der Waals surface area contributed by atoms with Crippen molar-refractivity contribution in [1.82, 2.24) is 5.32 Å². The van der Waals surface area contributed by atoms with Crippen LogP contribution in [0.15, 0.2) is 36.4 Å². The molecule has 2 rings (SSSR count). The van der Waals surface area contributed by atoms with Crippen LogP contribution >= 0.6 is 0 Å². The minimum atomic E-state index is -0.344. The van der Waals surface area contributed by atoms with Crippen molar-refractivity contribution >= 4 is 0 Å². The molecule has 2 nitrogen and oxygen atoms in total. The molecule has 0 heterocycles. The number of aryl methyl sites for hydroxylation is 2. The van der Waals surface area contributed by atoms with Crippen LogP contribution in [0, 0.1) is 19.7 Å². The van der Waals surface area contributed by atoms with Gasteiger partial charge in [-0.05, 0) is 55.8 Å². The average Bonchev–Trinajstić information content (AvgIpc) is 2.38. The average molecular weight is 259 g/mol. The molecule has 0 aliphatic carbocycles. The van der Waals surface area contributed by atoms with E-state index in [1.165, 1.54) is 6.07 Å². The van der Waals surface area contributed by atoms with Gasteiger partial charge < -0.3 is 10.1 Å². The predicted molar refractivity (Wildman–Crippen MR) is 75.2 cm³/mol. The fourth-order valence-corrected chi connectivity index (χ4v) is 1.88. The molecule has 2 aromatic rings. The van der Waals surface area contributed by atoms with Crippen LogP contribution in [0.2, 0.25) is 0 Å². The highest BCUT2D eigenvalue weighted by Crippen LogP contribution is 2.28. The highest BCUT2D eigenvalue weighted by Gasteiger charge is 2.08. The van der Waals surface area contributed by atoms with Crippen LogP contribution in [0.5, 0.6) is 11.5 Å². The molecule has 0 bridgehead atoms. The molecule has 0 radical (unpaired) electrons. The van der Waals surface area contributed by atoms with Crippen molar-refractivity contribution in [3.05, 3.63) is 58.9 Å². The molecule has 0 aromatic heterocycles. The Balaban J connectivity index is 2.31. The lowest BCUT2D eigenvalue weighted by Gasteiger charge is -2.12. The summed E-state index contributed by atoms with van der Waals surface area (Å²) >= 11 is 0. The van der Waals surface area contributed by atoms with Gasteiger partial charge in [-0.3, -0.25) is 0 Å². The molecule has 3 heteroatoms. The first-order valence-corrected chi connectivity index (χ1v) is 6.28. The highest BCUT2D eigenvalue weighted by molar-refractivity contribution is 5.41. The first kappa shape index (κ1) is 13.6. The molecular weight excluding hydrogens is 241 g/mol. The summed E-state index contributed by atoms with van der Waals surface area (Å²) in [5.74, 6) is 0.617. The van der Waals surface area contributed by atoms with E-state index >= 15 is 0 Å². The lowest BCUT2D eigenvalue weighted by Crippen LogP contribution is -2.05. The fraction of sp³-hybridized carbons (Fsp3) is 0.250. The molecule has 0 aliphatic rings. The molecule has 0 saturated carbocycles. The van der Waals surface area contributed by atoms with Gasteiger partial charge in [0, 0.05) is 6.54 Å². The molecule has 0 amide bonds. The number of hydrogen-bond donors (Lipinski definition) is 1. The molecule has 2 aromatic carbocycles. The van der Waals surface area contributed by atoms with Crippen LogP contribution in [0.25, 0.3) is 0 Å². The summed E-state index contributed by atoms with van der Waals surface area (Å²) in [4.78, 5) is 0. The Labute approximate surface area is 113 Å². The standard InChI is InChI=1S/C16H18FNO/c1-11-4-7-14(17)16(8-11)19-15-9-13(10-18-3)6-5-12(15)2/h4-9,18H,10H2,1-3H3. The first-order valence-electron chi connectivity index (χ1n) is 6.28. The van der Waals surface area contributed by atoms with Crippen molar-refractivity contribution in [1.29, 1.82) is 0 Å². The van der Waals surface area contributed by atoms with Gasteiger partial charge in [-0.15, -0.1) is 0 Å². The molecule has 0 unspecified atom stereocenters. The van der Waals surface area contributed by atoms with Crippen LogP contribution in [0.4, 0.5) is 4.39 Å². The number of halogens is 1. The van der Waals surface area contributed by atoms with Crippen molar-refractivity contribution in [3.63, 3.8) is 0 Å². The van der Waals surface area contributed by atoms with E-state index in [1.807, 2.05) is 39.1 Å². The van der Waals surface area contributed by atoms with E-state index in [-0.39, 0.29) is 11.6 Å². The van der Waals surface area contributed by atoms with Gasteiger partial charge in [0.25, 0.3) is 0 Å². The van der Waals surface area contributed by atoms with Gasteiger partial charge >= 0.3 is 0 Å². The van der Waals surface area contributed by atoms with Crippen LogP contribution in [-0.4, -0.2) is 7.05 Å². The predicted octanol–water partition coefficient (Wildman–Crippen LogP) is 3.95. The van der Waals surface area contributed by atoms with Gasteiger partial charge in [0.2, 0.25) is 0 Å². The van der Waals surface area contributed by atoms with Crippen LogP contribution in [-0.2, 0) is 6.54 Å². The Morgan fingerprint density at radius 3 is 2.58 bits per heavy atom. The smallest absolute Gasteiger partial charge is 0.165 e. The van der Waals surface area contributed by atoms with Crippen molar-refractivity contribution in [3.8, 4) is 11.5 Å². The topological polar surface area (TPSA) is 21.3 Å². The number of benzene rings is 2. The summed E-state index contributed by atoms with van der Waals surface area (Å²) in [6, 6.07) is 10.8. The third kappa shape index (κ3) is 3.32. The van der Waals surface area contributed by atoms with Gasteiger partial charge in [0.15, 0.2) is 11.6 Å². The number of hydrogen-bond acceptors (Lipinski definition) is 2. The van der Waals surface area contributed by atoms with Gasteiger partial charge in [0.05, 0.1) is 0 Å². The molecule has 100 valence electrons. The maximum atomic E-state index is 13.7. The van der Waals surface area contributed by atoms with Gasteiger partial charge in [-0.2, -0.15) is 0 Å². The van der Waals surface area contributed by atoms with Gasteiger partial charge in [0.1, 0.15) is 5.75 Å². The summed E-state index contributed by atoms with van der Waals surface area (Å²) in [5, 5.41) is 3.09. The molecule has 1 N–H and O–H groups in total. The SMILES string of the molecule is CNCc1ccc(C)c(Oc2cc(C)ccc2F)c1. The summed E-state index contributed by atoms with van der Waals surface area (Å²) in [7, 11) is 1.89. The molecule has 19 heavy (non-hydrogen) atoms. The number of ether oxygens (including phenoxy) is 1. The zero-order valence-electron chi connectivity index (χ0n) is 11.5. The Kier molecular flexibility index (Phi) is 4.17. The van der Waals surface area contributed by atoms with Crippen molar-refractivity contribution in [2.45, 2.75) is 20.4 Å². The van der Waals surface area contributed by atoms with Crippen LogP contribution < -0.4 is 10.1 Å². The third-order valence-electron chi connectivity index (χ3n) is 2.94. The van der Waals surface area contributed by atoms with E-state index < -0.39 is 0 Å². The van der Waals surface area contributed by atoms with E-state index in [4.69, 9.17) is 4.74 Å². The first-order chi connectivity index (χ1) is 9.10. The molecule has 0 aliphatic heterocycles. The van der Waals surface area contributed by atoms with E-state index in [9.17, 15) is 4.39 Å². The zero-order valence-corrected chi connectivity index (χ0v) is 11.5. The normalized spacial score (nSPS) is 10.5. The zero-order chi connectivity index (χ0) is 13.8. The Hall–Kier alpha value is -1.87. The second-order valence-corrected chi connectivity index (χ2v) is 4.67. The van der Waals surface area contributed by atoms with E-state index in [0.717, 1.165) is 23.2 Å². The summed E-state index contributed by atoms with van der Waals surface area (Å²) in [6.07, 6.45) is 0. The highest BCUT2D eigenvalue weighted by atomic mass is 19.1. The van der Waals surface area contributed by atoms with Gasteiger partial charge in [-0.1, -0.05) is 18.2 Å². The minimum absolute atomic E-state index is 0.268. The van der Waals surface area contributed by atoms with E-state index in [2.05, 4.69) is 5.32 Å². The van der Waals surface area contributed by atoms with Crippen molar-refractivity contribution < 1.29 is 9.13 Å². The summed E-state index contributed by atoms with van der Waals surface area (Å²) in [6.45, 7) is 4.62. The van der Waals surface area contributed by atoms with E-state index in [1.54, 1.807) is 12.1 Å². The molecule has 0 saturated heterocycles. The Morgan fingerprint density at radius 1 is 1.05 bits per heavy atom. The lowest BCUT2D eigenvalue weighted by molar-refractivity contribution is 0.438. The molecule has 0 spiro atoms. The van der Waals surface area contributed by atoms with Gasteiger partial charge in [-0.25, -0.2) is 4.39 Å².